The summed E-state index contributed by atoms with van der Waals surface area (Å²) < 4.78 is 5.34. The first-order valence-corrected chi connectivity index (χ1v) is 9.03. The molecule has 2 N–H and O–H groups in total. The average Bonchev–Trinajstić information content (AvgIpc) is 2.99. The van der Waals surface area contributed by atoms with E-state index in [2.05, 4.69) is 65.9 Å². The van der Waals surface area contributed by atoms with Crippen LogP contribution in [-0.4, -0.2) is 16.9 Å². The third-order valence-electron chi connectivity index (χ3n) is 4.77. The van der Waals surface area contributed by atoms with Gasteiger partial charge >= 0.3 is 0 Å². The predicted molar refractivity (Wildman–Crippen MR) is 105 cm³/mol. The van der Waals surface area contributed by atoms with Crippen molar-refractivity contribution in [1.29, 1.82) is 0 Å². The molecular weight excluding hydrogens is 324 g/mol. The number of aliphatic hydroxyl groups is 1. The molecule has 136 valence electrons. The highest BCUT2D eigenvalue weighted by Crippen LogP contribution is 2.26. The van der Waals surface area contributed by atoms with Gasteiger partial charge in [0, 0.05) is 18.7 Å². The van der Waals surface area contributed by atoms with E-state index in [1.807, 2.05) is 13.8 Å². The minimum Gasteiger partial charge on any atom is -0.396 e. The molecule has 1 heterocycles. The van der Waals surface area contributed by atoms with Crippen LogP contribution in [0.5, 0.6) is 0 Å². The molecule has 1 aromatic heterocycles. The predicted octanol–water partition coefficient (Wildman–Crippen LogP) is 4.74. The Morgan fingerprint density at radius 3 is 2.46 bits per heavy atom. The SMILES string of the molecule is Cc1noc(NCc2ccccc2-c2ccc(CC(C)CO)cc2)c1C. The number of aromatic nitrogens is 1. The fraction of sp³-hybridized carbons (Fsp3) is 0.318. The largest absolute Gasteiger partial charge is 0.396 e. The summed E-state index contributed by atoms with van der Waals surface area (Å²) in [5.41, 5.74) is 6.80. The molecule has 3 aromatic rings. The van der Waals surface area contributed by atoms with Gasteiger partial charge in [-0.15, -0.1) is 0 Å². The van der Waals surface area contributed by atoms with E-state index in [9.17, 15) is 5.11 Å². The van der Waals surface area contributed by atoms with Crippen LogP contribution in [-0.2, 0) is 13.0 Å². The van der Waals surface area contributed by atoms with Crippen molar-refractivity contribution >= 4 is 5.88 Å². The van der Waals surface area contributed by atoms with Crippen LogP contribution in [0.4, 0.5) is 5.88 Å². The third kappa shape index (κ3) is 4.14. The van der Waals surface area contributed by atoms with Crippen LogP contribution in [0.15, 0.2) is 53.1 Å². The van der Waals surface area contributed by atoms with Crippen molar-refractivity contribution in [2.24, 2.45) is 5.92 Å². The van der Waals surface area contributed by atoms with Gasteiger partial charge in [-0.3, -0.25) is 0 Å². The third-order valence-corrected chi connectivity index (χ3v) is 4.77. The molecule has 1 atom stereocenters. The van der Waals surface area contributed by atoms with Gasteiger partial charge < -0.3 is 14.9 Å². The smallest absolute Gasteiger partial charge is 0.228 e. The van der Waals surface area contributed by atoms with E-state index in [1.165, 1.54) is 22.3 Å². The zero-order chi connectivity index (χ0) is 18.5. The van der Waals surface area contributed by atoms with Crippen molar-refractivity contribution in [3.8, 4) is 11.1 Å². The molecule has 3 rings (SSSR count). The normalized spacial score (nSPS) is 12.2. The molecule has 0 spiro atoms. The van der Waals surface area contributed by atoms with Crippen LogP contribution in [0.1, 0.15) is 29.3 Å². The molecule has 1 unspecified atom stereocenters. The van der Waals surface area contributed by atoms with Crippen LogP contribution in [0.25, 0.3) is 11.1 Å². The highest BCUT2D eigenvalue weighted by Gasteiger charge is 2.10. The number of nitrogens with one attached hydrogen (secondary N) is 1. The Labute approximate surface area is 154 Å². The Hall–Kier alpha value is -2.59. The summed E-state index contributed by atoms with van der Waals surface area (Å²) in [5, 5.41) is 16.6. The van der Waals surface area contributed by atoms with Gasteiger partial charge in [-0.05, 0) is 48.4 Å². The number of benzene rings is 2. The fourth-order valence-electron chi connectivity index (χ4n) is 3.00. The lowest BCUT2D eigenvalue weighted by Crippen LogP contribution is -2.04. The van der Waals surface area contributed by atoms with Crippen LogP contribution < -0.4 is 5.32 Å². The van der Waals surface area contributed by atoms with Gasteiger partial charge in [-0.1, -0.05) is 60.6 Å². The van der Waals surface area contributed by atoms with Crippen LogP contribution >= 0.6 is 0 Å². The Balaban J connectivity index is 1.77. The maximum absolute atomic E-state index is 9.22. The standard InChI is InChI=1S/C22H26N2O2/c1-15(14-25)12-18-8-10-19(11-9-18)21-7-5-4-6-20(21)13-23-22-16(2)17(3)24-26-22/h4-11,15,23,25H,12-14H2,1-3H3. The first-order chi connectivity index (χ1) is 12.6. The van der Waals surface area contributed by atoms with Crippen molar-refractivity contribution in [3.63, 3.8) is 0 Å². The van der Waals surface area contributed by atoms with E-state index in [1.54, 1.807) is 0 Å². The van der Waals surface area contributed by atoms with E-state index in [-0.39, 0.29) is 12.5 Å². The lowest BCUT2D eigenvalue weighted by molar-refractivity contribution is 0.237. The molecule has 4 nitrogen and oxygen atoms in total. The second-order valence-corrected chi connectivity index (χ2v) is 6.92. The molecule has 2 aromatic carbocycles. The minimum absolute atomic E-state index is 0.219. The van der Waals surface area contributed by atoms with Gasteiger partial charge in [0.2, 0.25) is 5.88 Å². The number of rotatable bonds is 7. The number of aliphatic hydroxyl groups excluding tert-OH is 1. The number of hydrogen-bond donors (Lipinski definition) is 2. The van der Waals surface area contributed by atoms with Crippen LogP contribution in [0.3, 0.4) is 0 Å². The molecule has 0 fully saturated rings. The highest BCUT2D eigenvalue weighted by molar-refractivity contribution is 5.68. The summed E-state index contributed by atoms with van der Waals surface area (Å²) in [4.78, 5) is 0. The summed E-state index contributed by atoms with van der Waals surface area (Å²) in [6.07, 6.45) is 0.893. The van der Waals surface area contributed by atoms with E-state index < -0.39 is 0 Å². The van der Waals surface area contributed by atoms with Crippen molar-refractivity contribution in [2.75, 3.05) is 11.9 Å². The van der Waals surface area contributed by atoms with Crippen LogP contribution in [0, 0.1) is 19.8 Å². The second-order valence-electron chi connectivity index (χ2n) is 6.92. The van der Waals surface area contributed by atoms with E-state index in [0.717, 1.165) is 23.6 Å². The second kappa shape index (κ2) is 8.19. The van der Waals surface area contributed by atoms with Gasteiger partial charge in [0.1, 0.15) is 0 Å². The van der Waals surface area contributed by atoms with Crippen molar-refractivity contribution in [1.82, 2.24) is 5.16 Å². The molecule has 0 saturated carbocycles. The zero-order valence-corrected chi connectivity index (χ0v) is 15.6. The minimum atomic E-state index is 0.219. The summed E-state index contributed by atoms with van der Waals surface area (Å²) in [7, 11) is 0. The summed E-state index contributed by atoms with van der Waals surface area (Å²) in [6, 6.07) is 17.0. The maximum Gasteiger partial charge on any atom is 0.228 e. The Kier molecular flexibility index (Phi) is 5.74. The van der Waals surface area contributed by atoms with Crippen molar-refractivity contribution in [3.05, 3.63) is 70.9 Å². The average molecular weight is 350 g/mol. The number of hydrogen-bond acceptors (Lipinski definition) is 4. The van der Waals surface area contributed by atoms with Gasteiger partial charge in [-0.25, -0.2) is 0 Å². The molecular formula is C22H26N2O2. The lowest BCUT2D eigenvalue weighted by Gasteiger charge is -2.12. The lowest BCUT2D eigenvalue weighted by atomic mass is 9.96. The molecule has 26 heavy (non-hydrogen) atoms. The molecule has 0 aliphatic rings. The Bertz CT molecular complexity index is 853. The molecule has 0 aliphatic carbocycles. The first kappa shape index (κ1) is 18.2. The van der Waals surface area contributed by atoms with E-state index in [0.29, 0.717) is 6.54 Å². The first-order valence-electron chi connectivity index (χ1n) is 9.03. The van der Waals surface area contributed by atoms with Crippen molar-refractivity contribution < 1.29 is 9.63 Å². The van der Waals surface area contributed by atoms with Crippen molar-refractivity contribution in [2.45, 2.75) is 33.7 Å². The molecule has 4 heteroatoms. The topological polar surface area (TPSA) is 58.3 Å². The Morgan fingerprint density at radius 1 is 1.08 bits per heavy atom. The molecule has 0 radical (unpaired) electrons. The zero-order valence-electron chi connectivity index (χ0n) is 15.6. The number of anilines is 1. The molecule has 0 amide bonds. The molecule has 0 aliphatic heterocycles. The van der Waals surface area contributed by atoms with Gasteiger partial charge in [-0.2, -0.15) is 0 Å². The monoisotopic (exact) mass is 350 g/mol. The van der Waals surface area contributed by atoms with Crippen LogP contribution in [0.2, 0.25) is 0 Å². The number of aryl methyl sites for hydroxylation is 1. The summed E-state index contributed by atoms with van der Waals surface area (Å²) in [5.74, 6) is 1.01. The summed E-state index contributed by atoms with van der Waals surface area (Å²) >= 11 is 0. The maximum atomic E-state index is 9.22. The number of nitrogens with zero attached hydrogens (tertiary/aromatic N) is 1. The fourth-order valence-corrected chi connectivity index (χ4v) is 3.00. The van der Waals surface area contributed by atoms with Gasteiger partial charge in [0.25, 0.3) is 0 Å². The van der Waals surface area contributed by atoms with Gasteiger partial charge in [0.15, 0.2) is 0 Å². The summed E-state index contributed by atoms with van der Waals surface area (Å²) in [6.45, 7) is 6.90. The molecule has 0 saturated heterocycles. The quantitative estimate of drug-likeness (QED) is 0.646. The highest BCUT2D eigenvalue weighted by atomic mass is 16.5. The molecule has 0 bridgehead atoms. The van der Waals surface area contributed by atoms with E-state index in [4.69, 9.17) is 4.52 Å². The Morgan fingerprint density at radius 2 is 1.81 bits per heavy atom. The van der Waals surface area contributed by atoms with Gasteiger partial charge in [0.05, 0.1) is 5.69 Å². The van der Waals surface area contributed by atoms with E-state index >= 15 is 0 Å².